The molecular weight excluding hydrogens is 491 g/mol. The van der Waals surface area contributed by atoms with Crippen LogP contribution in [0.15, 0.2) is 0 Å². The van der Waals surface area contributed by atoms with Crippen LogP contribution in [0.3, 0.4) is 0 Å². The Morgan fingerprint density at radius 2 is 1.59 bits per heavy atom. The van der Waals surface area contributed by atoms with Crippen LogP contribution in [0.1, 0.15) is 60.8 Å². The Labute approximate surface area is 216 Å². The predicted molar refractivity (Wildman–Crippen MR) is 131 cm³/mol. The Kier molecular flexibility index (Phi) is 10.8. The van der Waals surface area contributed by atoms with Crippen molar-refractivity contribution in [3.05, 3.63) is 0 Å². The number of hydrogen-bond donors (Lipinski definition) is 6. The Balaban J connectivity index is 3.32. The number of ether oxygens (including phenoxy) is 2. The van der Waals surface area contributed by atoms with Gasteiger partial charge in [0.05, 0.1) is 13.0 Å². The molecule has 1 fully saturated rings. The summed E-state index contributed by atoms with van der Waals surface area (Å²) in [6.45, 7) is 9.05. The summed E-state index contributed by atoms with van der Waals surface area (Å²) in [5.41, 5.74) is 1.44. The first-order valence-corrected chi connectivity index (χ1v) is 11.9. The van der Waals surface area contributed by atoms with Crippen LogP contribution < -0.4 is 16.4 Å². The second kappa shape index (κ2) is 12.5. The molecule has 1 rings (SSSR count). The third kappa shape index (κ3) is 11.2. The lowest BCUT2D eigenvalue weighted by atomic mass is 9.75. The highest BCUT2D eigenvalue weighted by Gasteiger charge is 2.50. The monoisotopic (exact) mass is 530 g/mol. The molecule has 1 heterocycles. The number of rotatable bonds is 9. The van der Waals surface area contributed by atoms with Crippen LogP contribution in [0.4, 0.5) is 9.59 Å². The molecule has 1 unspecified atom stereocenters. The van der Waals surface area contributed by atoms with Gasteiger partial charge in [-0.15, -0.1) is 0 Å². The zero-order valence-electron chi connectivity index (χ0n) is 22.2. The van der Waals surface area contributed by atoms with Crippen LogP contribution >= 0.6 is 0 Å². The Bertz CT molecular complexity index is 871. The van der Waals surface area contributed by atoms with Gasteiger partial charge in [0.15, 0.2) is 5.54 Å². The van der Waals surface area contributed by atoms with Crippen LogP contribution in [0, 0.1) is 5.92 Å². The molecule has 7 N–H and O–H groups in total. The molecule has 0 spiro atoms. The molecule has 0 aromatic carbocycles. The van der Waals surface area contributed by atoms with Gasteiger partial charge in [-0.1, -0.05) is 6.42 Å². The molecule has 210 valence electrons. The fourth-order valence-electron chi connectivity index (χ4n) is 3.94. The van der Waals surface area contributed by atoms with Gasteiger partial charge in [-0.05, 0) is 60.2 Å². The SMILES string of the molecule is CC(C)(C)OC(=O)NC(CC(N)=O)C(=O)N1C[C@@H](CCB(O)O)C[C@](NC(=O)OC(C)(C)C)(C(=O)O)C1. The number of nitrogens with two attached hydrogens (primary N) is 1. The summed E-state index contributed by atoms with van der Waals surface area (Å²) in [6, 6.07) is -1.47. The van der Waals surface area contributed by atoms with Gasteiger partial charge >= 0.3 is 25.3 Å². The number of hydrogen-bond acceptors (Lipinski definition) is 9. The molecule has 0 radical (unpaired) electrons. The van der Waals surface area contributed by atoms with Gasteiger partial charge in [0, 0.05) is 6.54 Å². The number of nitrogens with zero attached hydrogens (tertiary/aromatic N) is 1. The normalized spacial score (nSPS) is 20.9. The highest BCUT2D eigenvalue weighted by atomic mass is 16.6. The summed E-state index contributed by atoms with van der Waals surface area (Å²) in [5.74, 6) is -3.77. The van der Waals surface area contributed by atoms with E-state index in [0.29, 0.717) is 0 Å². The minimum atomic E-state index is -2.00. The Hall–Kier alpha value is -3.07. The first-order valence-electron chi connectivity index (χ1n) is 11.9. The van der Waals surface area contributed by atoms with E-state index in [-0.39, 0.29) is 25.7 Å². The van der Waals surface area contributed by atoms with Gasteiger partial charge in [0.1, 0.15) is 17.2 Å². The number of primary amides is 1. The minimum absolute atomic E-state index is 0.0398. The molecule has 4 amide bonds. The summed E-state index contributed by atoms with van der Waals surface area (Å²) in [5, 5.41) is 33.4. The van der Waals surface area contributed by atoms with Crippen molar-refractivity contribution >= 4 is 37.1 Å². The van der Waals surface area contributed by atoms with Gasteiger partial charge in [-0.3, -0.25) is 9.59 Å². The standard InChI is InChI=1S/C22H39BN4O10/c1-20(2,3)36-18(32)25-14(9-15(24)28)16(29)27-11-13(7-8-23(34)35)10-22(12-27,17(30)31)26-19(33)37-21(4,5)6/h13-14,34-35H,7-12H2,1-6H3,(H2,24,28)(H,25,32)(H,26,33)(H,30,31)/t13-,14?,22+/m0/s1. The summed E-state index contributed by atoms with van der Waals surface area (Å²) in [7, 11) is -1.67. The topological polar surface area (TPSA) is 218 Å². The average molecular weight is 530 g/mol. The zero-order chi connectivity index (χ0) is 28.8. The van der Waals surface area contributed by atoms with E-state index in [1.165, 1.54) is 0 Å². The number of carboxylic acid groups (broad SMARTS) is 1. The van der Waals surface area contributed by atoms with Crippen molar-refractivity contribution in [3.8, 4) is 0 Å². The van der Waals surface area contributed by atoms with Crippen molar-refractivity contribution in [1.29, 1.82) is 0 Å². The summed E-state index contributed by atoms with van der Waals surface area (Å²) < 4.78 is 10.4. The van der Waals surface area contributed by atoms with E-state index in [9.17, 15) is 39.1 Å². The maximum atomic E-state index is 13.5. The maximum Gasteiger partial charge on any atom is 0.451 e. The third-order valence-corrected chi connectivity index (χ3v) is 5.27. The fraction of sp³-hybridized carbons (Fsp3) is 0.773. The minimum Gasteiger partial charge on any atom is -0.479 e. The molecule has 1 aliphatic rings. The van der Waals surface area contributed by atoms with Crippen LogP contribution in [-0.4, -0.2) is 93.0 Å². The van der Waals surface area contributed by atoms with Gasteiger partial charge < -0.3 is 45.9 Å². The van der Waals surface area contributed by atoms with E-state index < -0.39 is 78.8 Å². The Morgan fingerprint density at radius 3 is 2.05 bits per heavy atom. The molecular formula is C22H39BN4O10. The van der Waals surface area contributed by atoms with Crippen molar-refractivity contribution < 1.29 is 48.6 Å². The first-order chi connectivity index (χ1) is 16.7. The fourth-order valence-corrected chi connectivity index (χ4v) is 3.94. The summed E-state index contributed by atoms with van der Waals surface area (Å²) >= 11 is 0. The van der Waals surface area contributed by atoms with Crippen molar-refractivity contribution in [2.75, 3.05) is 13.1 Å². The number of carboxylic acids is 1. The lowest BCUT2D eigenvalue weighted by Gasteiger charge is -2.45. The number of amides is 4. The second-order valence-corrected chi connectivity index (χ2v) is 11.2. The number of alkyl carbamates (subject to hydrolysis) is 2. The van der Waals surface area contributed by atoms with E-state index in [1.807, 2.05) is 0 Å². The number of carbonyl (C=O) groups is 5. The van der Waals surface area contributed by atoms with E-state index >= 15 is 0 Å². The van der Waals surface area contributed by atoms with Gasteiger partial charge in [0.2, 0.25) is 11.8 Å². The summed E-state index contributed by atoms with van der Waals surface area (Å²) in [4.78, 5) is 63.5. The molecule has 1 aliphatic heterocycles. The molecule has 3 atom stereocenters. The molecule has 0 saturated carbocycles. The molecule has 0 aromatic heterocycles. The van der Waals surface area contributed by atoms with Gasteiger partial charge in [-0.25, -0.2) is 14.4 Å². The molecule has 15 heteroatoms. The van der Waals surface area contributed by atoms with Crippen LogP contribution in [0.25, 0.3) is 0 Å². The Morgan fingerprint density at radius 1 is 1.05 bits per heavy atom. The molecule has 37 heavy (non-hydrogen) atoms. The maximum absolute atomic E-state index is 13.5. The predicted octanol–water partition coefficient (Wildman–Crippen LogP) is -0.185. The quantitative estimate of drug-likeness (QED) is 0.216. The molecule has 0 aliphatic carbocycles. The number of piperidine rings is 1. The van der Waals surface area contributed by atoms with Crippen LogP contribution in [0.5, 0.6) is 0 Å². The van der Waals surface area contributed by atoms with Crippen molar-refractivity contribution in [1.82, 2.24) is 15.5 Å². The molecule has 0 aromatic rings. The van der Waals surface area contributed by atoms with E-state index in [0.717, 1.165) is 4.90 Å². The van der Waals surface area contributed by atoms with Crippen LogP contribution in [-0.2, 0) is 23.9 Å². The van der Waals surface area contributed by atoms with Crippen molar-refractivity contribution in [2.45, 2.75) is 89.9 Å². The van der Waals surface area contributed by atoms with E-state index in [2.05, 4.69) is 10.6 Å². The molecule has 14 nitrogen and oxygen atoms in total. The second-order valence-electron chi connectivity index (χ2n) is 11.2. The summed E-state index contributed by atoms with van der Waals surface area (Å²) in [6.07, 6.45) is -2.75. The lowest BCUT2D eigenvalue weighted by molar-refractivity contribution is -0.152. The van der Waals surface area contributed by atoms with Crippen molar-refractivity contribution in [3.63, 3.8) is 0 Å². The molecule has 0 bridgehead atoms. The van der Waals surface area contributed by atoms with Gasteiger partial charge in [0.25, 0.3) is 0 Å². The highest BCUT2D eigenvalue weighted by Crippen LogP contribution is 2.31. The largest absolute Gasteiger partial charge is 0.479 e. The third-order valence-electron chi connectivity index (χ3n) is 5.27. The van der Waals surface area contributed by atoms with Crippen LogP contribution in [0.2, 0.25) is 6.32 Å². The smallest absolute Gasteiger partial charge is 0.451 e. The number of likely N-dealkylation sites (tertiary alicyclic amines) is 1. The highest BCUT2D eigenvalue weighted by molar-refractivity contribution is 6.40. The number of aliphatic carboxylic acids is 1. The van der Waals surface area contributed by atoms with E-state index in [4.69, 9.17) is 15.2 Å². The average Bonchev–Trinajstić information content (AvgIpc) is 2.67. The number of nitrogens with one attached hydrogen (secondary N) is 2. The zero-order valence-corrected chi connectivity index (χ0v) is 22.2. The lowest BCUT2D eigenvalue weighted by Crippen LogP contribution is -2.67. The van der Waals surface area contributed by atoms with Gasteiger partial charge in [-0.2, -0.15) is 0 Å². The number of carbonyl (C=O) groups excluding carboxylic acids is 4. The van der Waals surface area contributed by atoms with Crippen molar-refractivity contribution in [2.24, 2.45) is 11.7 Å². The first kappa shape index (κ1) is 32.0. The molecule has 1 saturated heterocycles. The van der Waals surface area contributed by atoms with E-state index in [1.54, 1.807) is 41.5 Å².